The average molecular weight is 332 g/mol. The van der Waals surface area contributed by atoms with Crippen LogP contribution in [0.1, 0.15) is 13.8 Å². The molecule has 1 rings (SSSR count). The summed E-state index contributed by atoms with van der Waals surface area (Å²) in [4.78, 5) is 22.7. The first-order valence-electron chi connectivity index (χ1n) is 6.52. The van der Waals surface area contributed by atoms with Crippen molar-refractivity contribution >= 4 is 29.5 Å². The summed E-state index contributed by atoms with van der Waals surface area (Å²) in [5, 5.41) is 14.3. The van der Waals surface area contributed by atoms with Crippen LogP contribution in [0.4, 0.5) is 0 Å². The van der Waals surface area contributed by atoms with Crippen LogP contribution in [0.3, 0.4) is 0 Å². The zero-order valence-corrected chi connectivity index (χ0v) is 13.9. The van der Waals surface area contributed by atoms with Crippen LogP contribution < -0.4 is 10.4 Å². The molecule has 0 aliphatic heterocycles. The highest BCUT2D eigenvalue weighted by Gasteiger charge is 2.19. The predicted octanol–water partition coefficient (Wildman–Crippen LogP) is 1.64. The molecule has 0 aromatic heterocycles. The summed E-state index contributed by atoms with van der Waals surface area (Å²) in [6.07, 6.45) is 0. The summed E-state index contributed by atoms with van der Waals surface area (Å²) in [7, 11) is -3.34. The van der Waals surface area contributed by atoms with Crippen LogP contribution in [-0.4, -0.2) is 35.3 Å². The molecule has 0 aliphatic rings. The fourth-order valence-corrected chi connectivity index (χ4v) is 6.98. The number of nitrogens with one attached hydrogen (secondary N) is 2. The molecule has 118 valence electrons. The minimum absolute atomic E-state index is 0.135. The van der Waals surface area contributed by atoms with E-state index in [-0.39, 0.29) is 5.91 Å². The fraction of sp³-hybridized carbons (Fsp3) is 0.385. The van der Waals surface area contributed by atoms with Gasteiger partial charge in [0.2, 0.25) is 5.91 Å². The molecule has 21 heavy (non-hydrogen) atoms. The Morgan fingerprint density at radius 3 is 2.48 bits per heavy atom. The lowest BCUT2D eigenvalue weighted by Crippen LogP contribution is -2.29. The highest BCUT2D eigenvalue weighted by molar-refractivity contribution is 8.62. The van der Waals surface area contributed by atoms with Crippen LogP contribution in [0, 0.1) is 0 Å². The van der Waals surface area contributed by atoms with E-state index in [4.69, 9.17) is 5.11 Å². The molecule has 0 radical (unpaired) electrons. The third-order valence-electron chi connectivity index (χ3n) is 2.73. The van der Waals surface area contributed by atoms with E-state index in [2.05, 4.69) is 10.4 Å². The maximum Gasteiger partial charge on any atom is 0.320 e. The number of carbonyl (C=O) groups excluding carboxylic acids is 1. The highest BCUT2D eigenvalue weighted by Crippen LogP contribution is 2.55. The van der Waals surface area contributed by atoms with Gasteiger partial charge in [0.25, 0.3) is 0 Å². The first-order valence-corrected chi connectivity index (χ1v) is 10.3. The molecule has 0 saturated carbocycles. The first kappa shape index (κ1) is 17.8. The maximum absolute atomic E-state index is 12.5. The lowest BCUT2D eigenvalue weighted by atomic mass is 10.4. The van der Waals surface area contributed by atoms with Gasteiger partial charge in [-0.3, -0.25) is 14.2 Å². The molecule has 1 aromatic rings. The average Bonchev–Trinajstić information content (AvgIpc) is 2.43. The maximum atomic E-state index is 12.5. The second-order valence-corrected chi connectivity index (χ2v) is 10.0. The number of rotatable bonds is 8. The largest absolute Gasteiger partial charge is 0.480 e. The summed E-state index contributed by atoms with van der Waals surface area (Å²) in [5.41, 5.74) is 0. The van der Waals surface area contributed by atoms with Gasteiger partial charge >= 0.3 is 5.97 Å². The van der Waals surface area contributed by atoms with Crippen molar-refractivity contribution in [3.8, 4) is 0 Å². The first-order chi connectivity index (χ1) is 9.91. The Balaban J connectivity index is 2.78. The van der Waals surface area contributed by atoms with Crippen LogP contribution in [0.2, 0.25) is 0 Å². The number of hydrogen-bond donors (Lipinski definition) is 4. The van der Waals surface area contributed by atoms with E-state index in [9.17, 15) is 14.2 Å². The van der Waals surface area contributed by atoms with E-state index in [1.807, 2.05) is 30.3 Å². The van der Waals surface area contributed by atoms with Gasteiger partial charge in [-0.15, -0.1) is 0 Å². The van der Waals surface area contributed by atoms with E-state index < -0.39 is 29.7 Å². The van der Waals surface area contributed by atoms with Crippen molar-refractivity contribution in [3.63, 3.8) is 0 Å². The second kappa shape index (κ2) is 8.87. The van der Waals surface area contributed by atoms with Crippen LogP contribution in [0.15, 0.2) is 35.2 Å². The third-order valence-corrected chi connectivity index (χ3v) is 8.80. The lowest BCUT2D eigenvalue weighted by molar-refractivity contribution is -0.138. The fourth-order valence-electron chi connectivity index (χ4n) is 1.62. The number of benzene rings is 1. The quantitative estimate of drug-likeness (QED) is 0.429. The summed E-state index contributed by atoms with van der Waals surface area (Å²) in [6.45, 7) is 3.32. The van der Waals surface area contributed by atoms with Crippen molar-refractivity contribution < 1.29 is 19.3 Å². The summed E-state index contributed by atoms with van der Waals surface area (Å²) in [6, 6.07) is 8.50. The van der Waals surface area contributed by atoms with E-state index in [0.29, 0.717) is 12.3 Å². The smallest absolute Gasteiger partial charge is 0.320 e. The second-order valence-electron chi connectivity index (χ2n) is 4.48. The topological polar surface area (TPSA) is 95.5 Å². The van der Waals surface area contributed by atoms with Gasteiger partial charge in [0.15, 0.2) is 7.15 Å². The zero-order valence-electron chi connectivity index (χ0n) is 12.0. The zero-order chi connectivity index (χ0) is 15.8. The van der Waals surface area contributed by atoms with Gasteiger partial charge in [-0.05, 0) is 24.0 Å². The van der Waals surface area contributed by atoms with Crippen molar-refractivity contribution in [1.82, 2.24) is 10.4 Å². The van der Waals surface area contributed by atoms with Crippen molar-refractivity contribution in [1.29, 1.82) is 0 Å². The van der Waals surface area contributed by atoms with Crippen LogP contribution in [0.5, 0.6) is 0 Å². The molecule has 6 nitrogen and oxygen atoms in total. The molecular formula is C13H21N2O4PS. The van der Waals surface area contributed by atoms with Gasteiger partial charge in [0, 0.05) is 19.2 Å². The number of carboxylic acid groups (broad SMARTS) is 1. The normalized spacial score (nSPS) is 15.8. The predicted molar refractivity (Wildman–Crippen MR) is 86.5 cm³/mol. The molecule has 0 heterocycles. The number of amides is 1. The van der Waals surface area contributed by atoms with Gasteiger partial charge in [0.1, 0.15) is 6.04 Å². The summed E-state index contributed by atoms with van der Waals surface area (Å²) < 4.78 is 12.5. The molecule has 1 amide bonds. The summed E-state index contributed by atoms with van der Waals surface area (Å²) >= 11 is 0. The molecule has 3 atom stereocenters. The molecular weight excluding hydrogens is 311 g/mol. The molecule has 1 aromatic carbocycles. The van der Waals surface area contributed by atoms with Crippen molar-refractivity contribution in [2.24, 2.45) is 0 Å². The lowest BCUT2D eigenvalue weighted by Gasteiger charge is -2.23. The monoisotopic (exact) mass is 332 g/mol. The Kier molecular flexibility index (Phi) is 7.50. The highest BCUT2D eigenvalue weighted by atomic mass is 32.8. The molecule has 0 bridgehead atoms. The standard InChI is InChI=1S/C13H21N2O4PS/c1-10(13(17)18)15-20(19)21(9-8-14-11(2)16)12-6-4-3-5-7-12/h3-7,10,20-21H,8-9H2,1-2H3,(H,14,16)(H,15,19)(H,17,18)/t10-/m0/s1. The van der Waals surface area contributed by atoms with Crippen molar-refractivity contribution in [2.45, 2.75) is 24.8 Å². The molecule has 0 saturated heterocycles. The minimum Gasteiger partial charge on any atom is -0.480 e. The van der Waals surface area contributed by atoms with Gasteiger partial charge < -0.3 is 10.4 Å². The van der Waals surface area contributed by atoms with E-state index in [0.717, 1.165) is 4.90 Å². The van der Waals surface area contributed by atoms with Crippen LogP contribution in [-0.2, 0) is 14.2 Å². The SMILES string of the molecule is CC(=O)NCC[SH](c1ccccc1)[PH](=O)N[C@@H](C)C(=O)O. The molecule has 3 N–H and O–H groups in total. The number of aliphatic carboxylic acids is 1. The van der Waals surface area contributed by atoms with Gasteiger partial charge in [0.05, 0.1) is 0 Å². The van der Waals surface area contributed by atoms with E-state index in [1.54, 1.807) is 0 Å². The Labute approximate surface area is 127 Å². The van der Waals surface area contributed by atoms with E-state index >= 15 is 0 Å². The number of hydrogen-bond acceptors (Lipinski definition) is 3. The van der Waals surface area contributed by atoms with Gasteiger partial charge in [-0.1, -0.05) is 18.2 Å². The Morgan fingerprint density at radius 1 is 1.33 bits per heavy atom. The van der Waals surface area contributed by atoms with Crippen molar-refractivity contribution in [2.75, 3.05) is 12.3 Å². The van der Waals surface area contributed by atoms with E-state index in [1.165, 1.54) is 13.8 Å². The minimum atomic E-state index is -2.29. The third kappa shape index (κ3) is 6.33. The van der Waals surface area contributed by atoms with Gasteiger partial charge in [-0.25, -0.2) is 5.09 Å². The molecule has 0 aliphatic carbocycles. The van der Waals surface area contributed by atoms with Crippen molar-refractivity contribution in [3.05, 3.63) is 30.3 Å². The number of carboxylic acids is 1. The van der Waals surface area contributed by atoms with Gasteiger partial charge in [-0.2, -0.15) is 10.5 Å². The molecule has 8 heteroatoms. The summed E-state index contributed by atoms with van der Waals surface area (Å²) in [5.74, 6) is -0.612. The van der Waals surface area contributed by atoms with Crippen LogP contribution in [0.25, 0.3) is 0 Å². The molecule has 0 spiro atoms. The Bertz CT molecular complexity index is 512. The number of thiol groups is 1. The van der Waals surface area contributed by atoms with Crippen LogP contribution >= 0.6 is 17.7 Å². The number of carbonyl (C=O) groups is 2. The Hall–Kier alpha value is -1.30. The molecule has 2 unspecified atom stereocenters. The Morgan fingerprint density at radius 2 is 1.95 bits per heavy atom. The molecule has 0 fully saturated rings.